The second-order valence-corrected chi connectivity index (χ2v) is 3.69. The fourth-order valence-corrected chi connectivity index (χ4v) is 1.31. The average Bonchev–Trinajstić information content (AvgIpc) is 2.00. The maximum atomic E-state index is 5.70. The Morgan fingerprint density at radius 3 is 2.36 bits per heavy atom. The van der Waals surface area contributed by atoms with Gasteiger partial charge in [-0.2, -0.15) is 0 Å². The maximum Gasteiger partial charge on any atom is 0.0464 e. The Bertz CT molecular complexity index is 85.6. The quantitative estimate of drug-likeness (QED) is 0.569. The van der Waals surface area contributed by atoms with Crippen molar-refractivity contribution in [1.82, 2.24) is 0 Å². The Morgan fingerprint density at radius 1 is 1.27 bits per heavy atom. The van der Waals surface area contributed by atoms with Gasteiger partial charge in [-0.05, 0) is 24.7 Å². The fourth-order valence-electron chi connectivity index (χ4n) is 1.19. The van der Waals surface area contributed by atoms with Gasteiger partial charge in [0, 0.05) is 19.6 Å². The highest BCUT2D eigenvalue weighted by atomic mass is 35.5. The average molecular weight is 179 g/mol. The van der Waals surface area contributed by atoms with E-state index in [9.17, 15) is 0 Å². The smallest absolute Gasteiger partial charge is 0.0464 e. The molecule has 0 amide bonds. The number of halogens is 1. The van der Waals surface area contributed by atoms with Crippen molar-refractivity contribution in [1.29, 1.82) is 0 Å². The van der Waals surface area contributed by atoms with Crippen LogP contribution >= 0.6 is 11.6 Å². The van der Waals surface area contributed by atoms with E-state index in [4.69, 9.17) is 16.3 Å². The minimum atomic E-state index is 0.642. The lowest BCUT2D eigenvalue weighted by Crippen LogP contribution is -2.06. The Labute approximate surface area is 75.1 Å². The molecule has 0 aliphatic rings. The molecule has 0 saturated carbocycles. The van der Waals surface area contributed by atoms with Crippen LogP contribution in [-0.4, -0.2) is 19.6 Å². The van der Waals surface area contributed by atoms with Crippen molar-refractivity contribution in [3.63, 3.8) is 0 Å². The molecule has 0 aliphatic heterocycles. The molecule has 0 aromatic carbocycles. The summed E-state index contributed by atoms with van der Waals surface area (Å²) in [4.78, 5) is 0. The molecule has 0 aromatic heterocycles. The van der Waals surface area contributed by atoms with E-state index in [1.165, 1.54) is 6.42 Å². The highest BCUT2D eigenvalue weighted by molar-refractivity contribution is 6.18. The fraction of sp³-hybridized carbons (Fsp3) is 1.00. The van der Waals surface area contributed by atoms with Gasteiger partial charge in [-0.15, -0.1) is 11.6 Å². The number of methoxy groups -OCH3 is 1. The van der Waals surface area contributed by atoms with Gasteiger partial charge in [0.1, 0.15) is 0 Å². The molecule has 11 heavy (non-hydrogen) atoms. The second kappa shape index (κ2) is 6.93. The third-order valence-electron chi connectivity index (χ3n) is 1.88. The zero-order valence-electron chi connectivity index (χ0n) is 7.77. The van der Waals surface area contributed by atoms with Crippen LogP contribution in [0.1, 0.15) is 26.7 Å². The van der Waals surface area contributed by atoms with Gasteiger partial charge >= 0.3 is 0 Å². The van der Waals surface area contributed by atoms with E-state index >= 15 is 0 Å². The lowest BCUT2D eigenvalue weighted by atomic mass is 9.96. The van der Waals surface area contributed by atoms with Gasteiger partial charge in [-0.25, -0.2) is 0 Å². The van der Waals surface area contributed by atoms with Crippen LogP contribution in [0, 0.1) is 11.8 Å². The summed E-state index contributed by atoms with van der Waals surface area (Å²) < 4.78 is 4.99. The summed E-state index contributed by atoms with van der Waals surface area (Å²) in [5, 5.41) is 0. The second-order valence-electron chi connectivity index (χ2n) is 3.38. The molecule has 2 atom stereocenters. The Kier molecular flexibility index (Phi) is 7.09. The van der Waals surface area contributed by atoms with Crippen LogP contribution < -0.4 is 0 Å². The number of ether oxygens (including phenoxy) is 1. The SMILES string of the molecule is COCCC(C)CC(C)CCl. The summed E-state index contributed by atoms with van der Waals surface area (Å²) in [5.41, 5.74) is 0. The van der Waals surface area contributed by atoms with Gasteiger partial charge in [0.15, 0.2) is 0 Å². The van der Waals surface area contributed by atoms with E-state index in [1.807, 2.05) is 0 Å². The van der Waals surface area contributed by atoms with Crippen LogP contribution in [0.15, 0.2) is 0 Å². The van der Waals surface area contributed by atoms with Gasteiger partial charge < -0.3 is 4.74 Å². The predicted octanol–water partition coefficient (Wildman–Crippen LogP) is 2.92. The molecule has 0 rings (SSSR count). The third kappa shape index (κ3) is 6.64. The summed E-state index contributed by atoms with van der Waals surface area (Å²) in [6.45, 7) is 5.31. The highest BCUT2D eigenvalue weighted by Gasteiger charge is 2.06. The molecular formula is C9H19ClO. The first-order chi connectivity index (χ1) is 5.20. The van der Waals surface area contributed by atoms with Gasteiger partial charge in [0.2, 0.25) is 0 Å². The normalized spacial score (nSPS) is 16.4. The van der Waals surface area contributed by atoms with Gasteiger partial charge in [-0.3, -0.25) is 0 Å². The first-order valence-corrected chi connectivity index (χ1v) is 4.79. The summed E-state index contributed by atoms with van der Waals surface area (Å²) in [5.74, 6) is 2.16. The van der Waals surface area contributed by atoms with Crippen molar-refractivity contribution in [2.24, 2.45) is 11.8 Å². The molecule has 0 radical (unpaired) electrons. The molecule has 2 unspecified atom stereocenters. The van der Waals surface area contributed by atoms with Crippen molar-refractivity contribution in [2.45, 2.75) is 26.7 Å². The monoisotopic (exact) mass is 178 g/mol. The predicted molar refractivity (Wildman–Crippen MR) is 50.2 cm³/mol. The lowest BCUT2D eigenvalue weighted by Gasteiger charge is -2.14. The zero-order valence-corrected chi connectivity index (χ0v) is 8.53. The number of rotatable bonds is 6. The minimum absolute atomic E-state index is 0.642. The Hall–Kier alpha value is 0.250. The first kappa shape index (κ1) is 11.2. The summed E-state index contributed by atoms with van der Waals surface area (Å²) in [6, 6.07) is 0. The summed E-state index contributed by atoms with van der Waals surface area (Å²) in [6.07, 6.45) is 2.37. The van der Waals surface area contributed by atoms with Crippen LogP contribution in [0.25, 0.3) is 0 Å². The summed E-state index contributed by atoms with van der Waals surface area (Å²) in [7, 11) is 1.75. The van der Waals surface area contributed by atoms with Crippen molar-refractivity contribution < 1.29 is 4.74 Å². The standard InChI is InChI=1S/C9H19ClO/c1-8(4-5-11-3)6-9(2)7-10/h8-9H,4-7H2,1-3H3. The maximum absolute atomic E-state index is 5.70. The van der Waals surface area contributed by atoms with Crippen molar-refractivity contribution in [3.8, 4) is 0 Å². The molecule has 0 heterocycles. The van der Waals surface area contributed by atoms with Crippen molar-refractivity contribution in [3.05, 3.63) is 0 Å². The van der Waals surface area contributed by atoms with Crippen LogP contribution in [0.3, 0.4) is 0 Å². The molecule has 68 valence electrons. The first-order valence-electron chi connectivity index (χ1n) is 4.25. The number of hydrogen-bond donors (Lipinski definition) is 0. The Balaban J connectivity index is 3.27. The molecule has 2 heteroatoms. The topological polar surface area (TPSA) is 9.23 Å². The molecular weight excluding hydrogens is 160 g/mol. The van der Waals surface area contributed by atoms with Crippen LogP contribution in [0.4, 0.5) is 0 Å². The third-order valence-corrected chi connectivity index (χ3v) is 2.41. The van der Waals surface area contributed by atoms with Gasteiger partial charge in [-0.1, -0.05) is 13.8 Å². The summed E-state index contributed by atoms with van der Waals surface area (Å²) >= 11 is 5.70. The minimum Gasteiger partial charge on any atom is -0.385 e. The van der Waals surface area contributed by atoms with Gasteiger partial charge in [0.05, 0.1) is 0 Å². The Morgan fingerprint density at radius 2 is 1.91 bits per heavy atom. The highest BCUT2D eigenvalue weighted by Crippen LogP contribution is 2.15. The van der Waals surface area contributed by atoms with E-state index in [1.54, 1.807) is 7.11 Å². The molecule has 0 aromatic rings. The van der Waals surface area contributed by atoms with Gasteiger partial charge in [0.25, 0.3) is 0 Å². The largest absolute Gasteiger partial charge is 0.385 e. The van der Waals surface area contributed by atoms with E-state index in [0.29, 0.717) is 5.92 Å². The molecule has 0 N–H and O–H groups in total. The molecule has 0 fully saturated rings. The molecule has 0 aliphatic carbocycles. The van der Waals surface area contributed by atoms with E-state index in [-0.39, 0.29) is 0 Å². The van der Waals surface area contributed by atoms with Crippen LogP contribution in [-0.2, 0) is 4.74 Å². The number of hydrogen-bond acceptors (Lipinski definition) is 1. The molecule has 0 spiro atoms. The van der Waals surface area contributed by atoms with E-state index in [2.05, 4.69) is 13.8 Å². The zero-order chi connectivity index (χ0) is 8.69. The molecule has 0 bridgehead atoms. The number of alkyl halides is 1. The van der Waals surface area contributed by atoms with Crippen molar-refractivity contribution >= 4 is 11.6 Å². The lowest BCUT2D eigenvalue weighted by molar-refractivity contribution is 0.175. The van der Waals surface area contributed by atoms with E-state index < -0.39 is 0 Å². The van der Waals surface area contributed by atoms with Crippen LogP contribution in [0.5, 0.6) is 0 Å². The molecule has 0 saturated heterocycles. The van der Waals surface area contributed by atoms with Crippen molar-refractivity contribution in [2.75, 3.05) is 19.6 Å². The van der Waals surface area contributed by atoms with Crippen LogP contribution in [0.2, 0.25) is 0 Å². The molecule has 1 nitrogen and oxygen atoms in total. The van der Waals surface area contributed by atoms with E-state index in [0.717, 1.165) is 24.8 Å².